The van der Waals surface area contributed by atoms with Gasteiger partial charge in [0.2, 0.25) is 0 Å². The van der Waals surface area contributed by atoms with E-state index in [1.165, 1.54) is 11.1 Å². The second-order valence-electron chi connectivity index (χ2n) is 3.96. The van der Waals surface area contributed by atoms with Crippen LogP contribution < -0.4 is 0 Å². The van der Waals surface area contributed by atoms with Crippen molar-refractivity contribution in [1.29, 1.82) is 0 Å². The Morgan fingerprint density at radius 3 is 2.71 bits per heavy atom. The fourth-order valence-electron chi connectivity index (χ4n) is 1.99. The molecule has 0 amide bonds. The van der Waals surface area contributed by atoms with Gasteiger partial charge in [-0.05, 0) is 31.2 Å². The lowest BCUT2D eigenvalue weighted by Gasteiger charge is -2.19. The van der Waals surface area contributed by atoms with Gasteiger partial charge in [-0.3, -0.25) is 0 Å². The average Bonchev–Trinajstić information content (AvgIpc) is 2.19. The lowest BCUT2D eigenvalue weighted by molar-refractivity contribution is 0.150. The summed E-state index contributed by atoms with van der Waals surface area (Å²) < 4.78 is 0. The summed E-state index contributed by atoms with van der Waals surface area (Å²) in [5.74, 6) is 0. The molecule has 1 aliphatic carbocycles. The SMILES string of the molecule is OC1CCCC(=Cc2ccccc2)C1. The van der Waals surface area contributed by atoms with E-state index in [0.29, 0.717) is 0 Å². The van der Waals surface area contributed by atoms with Gasteiger partial charge in [-0.25, -0.2) is 0 Å². The molecule has 1 fully saturated rings. The molecule has 0 heterocycles. The van der Waals surface area contributed by atoms with Gasteiger partial charge in [0.1, 0.15) is 0 Å². The molecule has 0 bridgehead atoms. The van der Waals surface area contributed by atoms with Crippen LogP contribution in [0.1, 0.15) is 31.2 Å². The molecule has 0 radical (unpaired) electrons. The lowest BCUT2D eigenvalue weighted by atomic mass is 9.91. The van der Waals surface area contributed by atoms with Gasteiger partial charge in [0.15, 0.2) is 0 Å². The quantitative estimate of drug-likeness (QED) is 0.718. The van der Waals surface area contributed by atoms with Crippen LogP contribution in [0.2, 0.25) is 0 Å². The second kappa shape index (κ2) is 4.43. The van der Waals surface area contributed by atoms with Crippen molar-refractivity contribution in [2.45, 2.75) is 31.8 Å². The highest BCUT2D eigenvalue weighted by molar-refractivity contribution is 5.52. The van der Waals surface area contributed by atoms with Gasteiger partial charge in [0, 0.05) is 0 Å². The van der Waals surface area contributed by atoms with Crippen LogP contribution in [-0.2, 0) is 0 Å². The van der Waals surface area contributed by atoms with Gasteiger partial charge < -0.3 is 5.11 Å². The molecule has 1 atom stereocenters. The molecule has 14 heavy (non-hydrogen) atoms. The first-order valence-corrected chi connectivity index (χ1v) is 5.27. The maximum atomic E-state index is 9.52. The standard InChI is InChI=1S/C13H16O/c14-13-8-4-7-12(10-13)9-11-5-2-1-3-6-11/h1-3,5-6,9,13-14H,4,7-8,10H2. The highest BCUT2D eigenvalue weighted by atomic mass is 16.3. The van der Waals surface area contributed by atoms with Crippen molar-refractivity contribution < 1.29 is 5.11 Å². The van der Waals surface area contributed by atoms with Crippen LogP contribution in [0.3, 0.4) is 0 Å². The molecule has 1 aliphatic rings. The summed E-state index contributed by atoms with van der Waals surface area (Å²) in [7, 11) is 0. The van der Waals surface area contributed by atoms with Gasteiger partial charge in [0.05, 0.1) is 6.10 Å². The van der Waals surface area contributed by atoms with E-state index < -0.39 is 0 Å². The number of rotatable bonds is 1. The minimum atomic E-state index is -0.112. The number of hydrogen-bond acceptors (Lipinski definition) is 1. The fraction of sp³-hybridized carbons (Fsp3) is 0.385. The summed E-state index contributed by atoms with van der Waals surface area (Å²) in [6.07, 6.45) is 6.19. The summed E-state index contributed by atoms with van der Waals surface area (Å²) in [6, 6.07) is 10.3. The number of hydrogen-bond donors (Lipinski definition) is 1. The molecule has 0 aliphatic heterocycles. The van der Waals surface area contributed by atoms with Crippen molar-refractivity contribution in [3.8, 4) is 0 Å². The monoisotopic (exact) mass is 188 g/mol. The third-order valence-corrected chi connectivity index (χ3v) is 2.70. The van der Waals surface area contributed by atoms with Gasteiger partial charge >= 0.3 is 0 Å². The van der Waals surface area contributed by atoms with Gasteiger partial charge in [-0.15, -0.1) is 0 Å². The minimum Gasteiger partial charge on any atom is -0.393 e. The Balaban J connectivity index is 2.10. The molecule has 1 heteroatoms. The summed E-state index contributed by atoms with van der Waals surface area (Å²) in [5.41, 5.74) is 2.63. The Labute approximate surface area is 85.1 Å². The molecule has 0 spiro atoms. The molecule has 1 aromatic carbocycles. The highest BCUT2D eigenvalue weighted by Crippen LogP contribution is 2.25. The molecule has 74 valence electrons. The third kappa shape index (κ3) is 2.46. The first-order chi connectivity index (χ1) is 6.84. The number of benzene rings is 1. The molecule has 1 unspecified atom stereocenters. The summed E-state index contributed by atoms with van der Waals surface area (Å²) in [6.45, 7) is 0. The van der Waals surface area contributed by atoms with Crippen molar-refractivity contribution in [2.75, 3.05) is 0 Å². The maximum Gasteiger partial charge on any atom is 0.0577 e. The zero-order valence-electron chi connectivity index (χ0n) is 8.32. The fourth-order valence-corrected chi connectivity index (χ4v) is 1.99. The Morgan fingerprint density at radius 1 is 1.21 bits per heavy atom. The summed E-state index contributed by atoms with van der Waals surface area (Å²) in [4.78, 5) is 0. The minimum absolute atomic E-state index is 0.112. The van der Waals surface area contributed by atoms with E-state index in [1.54, 1.807) is 0 Å². The predicted octanol–water partition coefficient (Wildman–Crippen LogP) is 3.00. The highest BCUT2D eigenvalue weighted by Gasteiger charge is 2.13. The zero-order valence-corrected chi connectivity index (χ0v) is 8.32. The summed E-state index contributed by atoms with van der Waals surface area (Å²) >= 11 is 0. The Kier molecular flexibility index (Phi) is 3.00. The predicted molar refractivity (Wildman–Crippen MR) is 58.9 cm³/mol. The molecule has 2 rings (SSSR count). The van der Waals surface area contributed by atoms with E-state index in [4.69, 9.17) is 0 Å². The lowest BCUT2D eigenvalue weighted by Crippen LogP contribution is -2.12. The Bertz CT molecular complexity index is 313. The largest absolute Gasteiger partial charge is 0.393 e. The topological polar surface area (TPSA) is 20.2 Å². The second-order valence-corrected chi connectivity index (χ2v) is 3.96. The zero-order chi connectivity index (χ0) is 9.80. The van der Waals surface area contributed by atoms with Gasteiger partial charge in [0.25, 0.3) is 0 Å². The maximum absolute atomic E-state index is 9.52. The third-order valence-electron chi connectivity index (χ3n) is 2.70. The van der Waals surface area contributed by atoms with Crippen LogP contribution in [0.5, 0.6) is 0 Å². The molecule has 1 saturated carbocycles. The molecule has 0 aromatic heterocycles. The van der Waals surface area contributed by atoms with Crippen molar-refractivity contribution in [3.05, 3.63) is 41.5 Å². The van der Waals surface area contributed by atoms with E-state index in [2.05, 4.69) is 18.2 Å². The van der Waals surface area contributed by atoms with Crippen LogP contribution in [0.4, 0.5) is 0 Å². The van der Waals surface area contributed by atoms with Crippen LogP contribution >= 0.6 is 0 Å². The molecule has 1 aromatic rings. The van der Waals surface area contributed by atoms with Crippen molar-refractivity contribution >= 4 is 6.08 Å². The first-order valence-electron chi connectivity index (χ1n) is 5.27. The molecule has 1 nitrogen and oxygen atoms in total. The first kappa shape index (κ1) is 9.47. The van der Waals surface area contributed by atoms with Crippen LogP contribution in [0.15, 0.2) is 35.9 Å². The normalized spacial score (nSPS) is 25.2. The smallest absolute Gasteiger partial charge is 0.0577 e. The van der Waals surface area contributed by atoms with Gasteiger partial charge in [-0.1, -0.05) is 42.0 Å². The van der Waals surface area contributed by atoms with Crippen molar-refractivity contribution in [1.82, 2.24) is 0 Å². The van der Waals surface area contributed by atoms with Crippen LogP contribution in [0.25, 0.3) is 6.08 Å². The van der Waals surface area contributed by atoms with Crippen LogP contribution in [0, 0.1) is 0 Å². The van der Waals surface area contributed by atoms with E-state index in [1.807, 2.05) is 18.2 Å². The van der Waals surface area contributed by atoms with E-state index >= 15 is 0 Å². The van der Waals surface area contributed by atoms with E-state index in [0.717, 1.165) is 25.7 Å². The van der Waals surface area contributed by atoms with Gasteiger partial charge in [-0.2, -0.15) is 0 Å². The molecular formula is C13H16O. The Hall–Kier alpha value is -1.08. The number of aliphatic hydroxyl groups is 1. The summed E-state index contributed by atoms with van der Waals surface area (Å²) in [5, 5.41) is 9.52. The van der Waals surface area contributed by atoms with Crippen LogP contribution in [-0.4, -0.2) is 11.2 Å². The van der Waals surface area contributed by atoms with Crippen molar-refractivity contribution in [2.24, 2.45) is 0 Å². The molecule has 0 saturated heterocycles. The average molecular weight is 188 g/mol. The van der Waals surface area contributed by atoms with Crippen molar-refractivity contribution in [3.63, 3.8) is 0 Å². The number of aliphatic hydroxyl groups excluding tert-OH is 1. The Morgan fingerprint density at radius 2 is 2.00 bits per heavy atom. The van der Waals surface area contributed by atoms with E-state index in [-0.39, 0.29) is 6.10 Å². The molecule has 1 N–H and O–H groups in total. The molecular weight excluding hydrogens is 172 g/mol. The van der Waals surface area contributed by atoms with E-state index in [9.17, 15) is 5.11 Å².